The molecule has 0 bridgehead atoms. The third kappa shape index (κ3) is 2.88. The Labute approximate surface area is 104 Å². The van der Waals surface area contributed by atoms with E-state index in [0.29, 0.717) is 10.7 Å². The Balaban J connectivity index is 2.22. The molecule has 0 saturated heterocycles. The average Bonchev–Trinajstić information content (AvgIpc) is 2.34. The average molecular weight is 253 g/mol. The van der Waals surface area contributed by atoms with Gasteiger partial charge in [0.1, 0.15) is 0 Å². The lowest BCUT2D eigenvalue weighted by molar-refractivity contribution is 0.316. The quantitative estimate of drug-likeness (QED) is 0.665. The predicted molar refractivity (Wildman–Crippen MR) is 67.9 cm³/mol. The van der Waals surface area contributed by atoms with Crippen molar-refractivity contribution in [3.8, 4) is 0 Å². The van der Waals surface area contributed by atoms with Crippen molar-refractivity contribution in [2.75, 3.05) is 0 Å². The van der Waals surface area contributed by atoms with Crippen LogP contribution in [0.25, 0.3) is 0 Å². The van der Waals surface area contributed by atoms with E-state index in [-0.39, 0.29) is 5.69 Å². The fraction of sp³-hybridized carbons (Fsp3) is 0.636. The van der Waals surface area contributed by atoms with Gasteiger partial charge in [0.05, 0.1) is 0 Å². The number of rotatable bonds is 3. The third-order valence-electron chi connectivity index (χ3n) is 3.27. The van der Waals surface area contributed by atoms with E-state index in [9.17, 15) is 9.70 Å². The van der Waals surface area contributed by atoms with Gasteiger partial charge in [0.15, 0.2) is 10.5 Å². The molecule has 0 aliphatic heterocycles. The Bertz CT molecular complexity index is 514. The van der Waals surface area contributed by atoms with Gasteiger partial charge in [-0.2, -0.15) is 0 Å². The number of H-pyrrole nitrogens is 1. The molecular formula is C11H15N3O2S. The lowest BCUT2D eigenvalue weighted by Gasteiger charge is -2.22. The fourth-order valence-corrected chi connectivity index (χ4v) is 2.57. The van der Waals surface area contributed by atoms with Gasteiger partial charge in [0, 0.05) is 12.7 Å². The van der Waals surface area contributed by atoms with Gasteiger partial charge in [-0.25, -0.2) is 0 Å². The zero-order chi connectivity index (χ0) is 12.3. The van der Waals surface area contributed by atoms with Crippen molar-refractivity contribution in [2.24, 2.45) is 11.1 Å². The molecule has 1 heterocycles. The molecule has 1 aromatic heterocycles. The number of aromatic nitrogens is 2. The molecule has 2 rings (SSSR count). The van der Waals surface area contributed by atoms with E-state index in [0.717, 1.165) is 6.54 Å². The van der Waals surface area contributed by atoms with Gasteiger partial charge in [-0.3, -0.25) is 9.78 Å². The summed E-state index contributed by atoms with van der Waals surface area (Å²) >= 11 is 5.08. The van der Waals surface area contributed by atoms with E-state index in [4.69, 9.17) is 12.2 Å². The van der Waals surface area contributed by atoms with E-state index in [1.54, 1.807) is 4.57 Å². The van der Waals surface area contributed by atoms with Crippen LogP contribution in [-0.4, -0.2) is 9.55 Å². The largest absolute Gasteiger partial charge is 0.323 e. The summed E-state index contributed by atoms with van der Waals surface area (Å²) in [5, 5.41) is 2.70. The van der Waals surface area contributed by atoms with Gasteiger partial charge in [-0.15, -0.1) is 4.91 Å². The highest BCUT2D eigenvalue weighted by Gasteiger charge is 2.14. The predicted octanol–water partition coefficient (Wildman–Crippen LogP) is 2.88. The molecule has 6 heteroatoms. The topological polar surface area (TPSA) is 67.2 Å². The Morgan fingerprint density at radius 3 is 2.76 bits per heavy atom. The Morgan fingerprint density at radius 2 is 2.12 bits per heavy atom. The molecule has 1 aromatic rings. The zero-order valence-corrected chi connectivity index (χ0v) is 10.3. The van der Waals surface area contributed by atoms with Crippen LogP contribution in [0.5, 0.6) is 0 Å². The van der Waals surface area contributed by atoms with Crippen LogP contribution in [0.1, 0.15) is 32.1 Å². The van der Waals surface area contributed by atoms with Gasteiger partial charge in [-0.05, 0) is 36.2 Å². The van der Waals surface area contributed by atoms with Crippen LogP contribution in [-0.2, 0) is 6.54 Å². The number of aromatic amines is 1. The van der Waals surface area contributed by atoms with E-state index in [1.807, 2.05) is 0 Å². The molecule has 1 aliphatic carbocycles. The van der Waals surface area contributed by atoms with Crippen molar-refractivity contribution in [3.05, 3.63) is 26.2 Å². The van der Waals surface area contributed by atoms with Crippen molar-refractivity contribution in [3.63, 3.8) is 0 Å². The molecule has 92 valence electrons. The Kier molecular flexibility index (Phi) is 3.83. The molecular weight excluding hydrogens is 238 g/mol. The summed E-state index contributed by atoms with van der Waals surface area (Å²) in [6.07, 6.45) is 7.63. The van der Waals surface area contributed by atoms with Crippen molar-refractivity contribution >= 4 is 17.9 Å². The normalized spacial score (nSPS) is 16.9. The second-order valence-corrected chi connectivity index (χ2v) is 4.91. The molecule has 0 aromatic carbocycles. The van der Waals surface area contributed by atoms with Gasteiger partial charge in [0.2, 0.25) is 0 Å². The van der Waals surface area contributed by atoms with Crippen LogP contribution in [0.15, 0.2) is 16.2 Å². The van der Waals surface area contributed by atoms with Crippen LogP contribution in [0.2, 0.25) is 0 Å². The van der Waals surface area contributed by atoms with E-state index in [1.165, 1.54) is 38.3 Å². The first-order valence-electron chi connectivity index (χ1n) is 5.88. The van der Waals surface area contributed by atoms with Crippen molar-refractivity contribution < 1.29 is 0 Å². The molecule has 0 spiro atoms. The molecule has 1 saturated carbocycles. The molecule has 1 aliphatic rings. The molecule has 0 unspecified atom stereocenters. The Hall–Kier alpha value is -1.30. The van der Waals surface area contributed by atoms with E-state index in [2.05, 4.69) is 10.2 Å². The third-order valence-corrected chi connectivity index (χ3v) is 3.61. The van der Waals surface area contributed by atoms with E-state index >= 15 is 0 Å². The molecule has 0 amide bonds. The minimum atomic E-state index is -0.509. The Morgan fingerprint density at radius 1 is 1.41 bits per heavy atom. The number of nitrogens with one attached hydrogen (secondary N) is 1. The van der Waals surface area contributed by atoms with Gasteiger partial charge in [0.25, 0.3) is 5.56 Å². The maximum atomic E-state index is 11.3. The van der Waals surface area contributed by atoms with Crippen molar-refractivity contribution in [2.45, 2.75) is 38.6 Å². The van der Waals surface area contributed by atoms with Crippen LogP contribution in [0.3, 0.4) is 0 Å². The number of hydrogen-bond donors (Lipinski definition) is 1. The summed E-state index contributed by atoms with van der Waals surface area (Å²) in [6.45, 7) is 0.762. The summed E-state index contributed by atoms with van der Waals surface area (Å²) < 4.78 is 2.12. The maximum absolute atomic E-state index is 11.3. The highest BCUT2D eigenvalue weighted by Crippen LogP contribution is 2.25. The van der Waals surface area contributed by atoms with Gasteiger partial charge < -0.3 is 4.57 Å². The number of hydrogen-bond acceptors (Lipinski definition) is 4. The molecule has 1 fully saturated rings. The molecule has 5 nitrogen and oxygen atoms in total. The van der Waals surface area contributed by atoms with Crippen molar-refractivity contribution in [1.29, 1.82) is 0 Å². The zero-order valence-electron chi connectivity index (χ0n) is 9.52. The number of nitroso groups, excluding NO2 is 1. The van der Waals surface area contributed by atoms with Crippen LogP contribution >= 0.6 is 12.2 Å². The highest BCUT2D eigenvalue weighted by molar-refractivity contribution is 7.71. The summed E-state index contributed by atoms with van der Waals surface area (Å²) in [7, 11) is 0. The highest BCUT2D eigenvalue weighted by atomic mass is 32.1. The fourth-order valence-electron chi connectivity index (χ4n) is 2.35. The van der Waals surface area contributed by atoms with Crippen molar-refractivity contribution in [1.82, 2.24) is 9.55 Å². The van der Waals surface area contributed by atoms with Crippen LogP contribution in [0.4, 0.5) is 5.69 Å². The lowest BCUT2D eigenvalue weighted by atomic mass is 9.89. The van der Waals surface area contributed by atoms with Gasteiger partial charge >= 0.3 is 0 Å². The monoisotopic (exact) mass is 253 g/mol. The van der Waals surface area contributed by atoms with Gasteiger partial charge in [-0.1, -0.05) is 19.3 Å². The summed E-state index contributed by atoms with van der Waals surface area (Å²) in [6, 6.07) is 0. The minimum absolute atomic E-state index is 0.102. The minimum Gasteiger partial charge on any atom is -0.323 e. The first-order chi connectivity index (χ1) is 8.20. The second kappa shape index (κ2) is 5.35. The SMILES string of the molecule is O=Nc1cn(CC2CCCCC2)c(=S)[nH]c1=O. The lowest BCUT2D eigenvalue weighted by Crippen LogP contribution is -2.18. The molecule has 1 N–H and O–H groups in total. The summed E-state index contributed by atoms with van der Waals surface area (Å²) in [5.41, 5.74) is -0.612. The summed E-state index contributed by atoms with van der Waals surface area (Å²) in [5.74, 6) is 0.584. The molecule has 0 atom stereocenters. The number of nitrogens with zero attached hydrogens (tertiary/aromatic N) is 2. The first-order valence-corrected chi connectivity index (χ1v) is 6.28. The second-order valence-electron chi connectivity index (χ2n) is 4.52. The summed E-state index contributed by atoms with van der Waals surface area (Å²) in [4.78, 5) is 24.2. The standard InChI is InChI=1S/C11H15N3O2S/c15-10-9(13-16)7-14(11(17)12-10)6-8-4-2-1-3-5-8/h7-8H,1-6H2,(H,12,15,17). The smallest absolute Gasteiger partial charge is 0.281 e. The van der Waals surface area contributed by atoms with E-state index < -0.39 is 5.56 Å². The van der Waals surface area contributed by atoms with Crippen LogP contribution < -0.4 is 5.56 Å². The first kappa shape index (κ1) is 12.2. The molecule has 17 heavy (non-hydrogen) atoms. The van der Waals surface area contributed by atoms with Crippen LogP contribution in [0, 0.1) is 15.6 Å². The molecule has 0 radical (unpaired) electrons. The maximum Gasteiger partial charge on any atom is 0.281 e.